The first kappa shape index (κ1) is 30.8. The molecule has 0 saturated heterocycles. The van der Waals surface area contributed by atoms with Crippen LogP contribution in [0.15, 0.2) is 60.9 Å². The van der Waals surface area contributed by atoms with Crippen LogP contribution in [0.4, 0.5) is 0 Å². The van der Waals surface area contributed by atoms with Gasteiger partial charge in [-0.2, -0.15) is 0 Å². The van der Waals surface area contributed by atoms with Gasteiger partial charge in [-0.15, -0.1) is 0 Å². The van der Waals surface area contributed by atoms with Crippen LogP contribution >= 0.6 is 0 Å². The number of rotatable bonds is 17. The molecule has 0 spiro atoms. The summed E-state index contributed by atoms with van der Waals surface area (Å²) in [7, 11) is 0. The minimum absolute atomic E-state index is 0.307. The van der Waals surface area contributed by atoms with Gasteiger partial charge in [0.2, 0.25) is 0 Å². The number of hydrogen-bond donors (Lipinski definition) is 0. The zero-order valence-corrected chi connectivity index (χ0v) is 23.8. The van der Waals surface area contributed by atoms with E-state index < -0.39 is 18.0 Å². The molecule has 8 heteroatoms. The van der Waals surface area contributed by atoms with Crippen LogP contribution in [0.2, 0.25) is 0 Å². The molecule has 0 fully saturated rings. The maximum atomic E-state index is 12.9. The molecule has 1 heterocycles. The van der Waals surface area contributed by atoms with Gasteiger partial charge in [0.15, 0.2) is 17.7 Å². The van der Waals surface area contributed by atoms with Crippen molar-refractivity contribution in [2.75, 3.05) is 13.2 Å². The highest BCUT2D eigenvalue weighted by atomic mass is 16.6. The average Bonchev–Trinajstić information content (AvgIpc) is 2.98. The minimum Gasteiger partial charge on any atom is -0.490 e. The predicted molar refractivity (Wildman–Crippen MR) is 154 cm³/mol. The van der Waals surface area contributed by atoms with Crippen molar-refractivity contribution < 1.29 is 28.5 Å². The summed E-state index contributed by atoms with van der Waals surface area (Å²) in [5.74, 6) is 0.643. The topological polar surface area (TPSA) is 96.8 Å². The monoisotopic (exact) mass is 548 g/mol. The van der Waals surface area contributed by atoms with Gasteiger partial charge in [-0.25, -0.2) is 19.6 Å². The van der Waals surface area contributed by atoms with Gasteiger partial charge in [0.25, 0.3) is 0 Å². The number of hydrogen-bond acceptors (Lipinski definition) is 8. The maximum Gasteiger partial charge on any atom is 0.343 e. The van der Waals surface area contributed by atoms with E-state index in [2.05, 4.69) is 23.8 Å². The number of para-hydroxylation sites is 1. The molecule has 3 rings (SSSR count). The molecule has 0 radical (unpaired) electrons. The molecule has 2 aromatic carbocycles. The molecule has 0 unspecified atom stereocenters. The minimum atomic E-state index is -0.670. The van der Waals surface area contributed by atoms with Gasteiger partial charge in [0, 0.05) is 6.61 Å². The number of benzene rings is 2. The first-order valence-electron chi connectivity index (χ1n) is 14.2. The lowest BCUT2D eigenvalue weighted by Crippen LogP contribution is -2.26. The summed E-state index contributed by atoms with van der Waals surface area (Å²) in [6.45, 7) is 7.05. The van der Waals surface area contributed by atoms with Gasteiger partial charge in [-0.05, 0) is 56.2 Å². The molecule has 8 nitrogen and oxygen atoms in total. The molecule has 3 aromatic rings. The first-order valence-corrected chi connectivity index (χ1v) is 14.2. The number of carbonyl (C=O) groups excluding carboxylic acids is 2. The van der Waals surface area contributed by atoms with Gasteiger partial charge >= 0.3 is 11.9 Å². The third-order valence-electron chi connectivity index (χ3n) is 6.23. The summed E-state index contributed by atoms with van der Waals surface area (Å²) in [6, 6.07) is 13.3. The predicted octanol–water partition coefficient (Wildman–Crippen LogP) is 7.21. The molecule has 0 aliphatic carbocycles. The molecular weight excluding hydrogens is 508 g/mol. The maximum absolute atomic E-state index is 12.9. The van der Waals surface area contributed by atoms with E-state index in [1.165, 1.54) is 25.7 Å². The van der Waals surface area contributed by atoms with Crippen molar-refractivity contribution in [2.24, 2.45) is 0 Å². The lowest BCUT2D eigenvalue weighted by atomic mass is 10.1. The number of nitrogens with zero attached hydrogens (tertiary/aromatic N) is 2. The van der Waals surface area contributed by atoms with Gasteiger partial charge < -0.3 is 18.9 Å². The van der Waals surface area contributed by atoms with Crippen molar-refractivity contribution in [3.63, 3.8) is 0 Å². The zero-order chi connectivity index (χ0) is 28.6. The highest BCUT2D eigenvalue weighted by Gasteiger charge is 2.17. The molecule has 0 bridgehead atoms. The lowest BCUT2D eigenvalue weighted by Gasteiger charge is -2.12. The Balaban J connectivity index is 1.54. The van der Waals surface area contributed by atoms with Crippen LogP contribution in [0.3, 0.4) is 0 Å². The Labute approximate surface area is 237 Å². The Morgan fingerprint density at radius 1 is 0.750 bits per heavy atom. The quantitative estimate of drug-likeness (QED) is 0.0991. The standard InChI is InChI=1S/C32H40N2O6/c1-4-6-8-9-10-13-21-38-27-22-33-30(34-23-27)28-14-11-12-15-29(28)40-32(36)25-16-18-26(19-17-25)39-31(35)24(3)37-20-7-5-2/h11-12,14-19,22-24H,4-10,13,20-21H2,1-3H3/t24-/m0/s1. The Morgan fingerprint density at radius 3 is 2.15 bits per heavy atom. The first-order chi connectivity index (χ1) is 19.5. The zero-order valence-electron chi connectivity index (χ0n) is 23.8. The van der Waals surface area contributed by atoms with Crippen LogP contribution < -0.4 is 14.2 Å². The average molecular weight is 549 g/mol. The molecule has 0 aliphatic heterocycles. The highest BCUT2D eigenvalue weighted by molar-refractivity contribution is 5.92. The number of esters is 2. The van der Waals surface area contributed by atoms with E-state index in [1.807, 2.05) is 6.07 Å². The number of aromatic nitrogens is 2. The second-order valence-electron chi connectivity index (χ2n) is 9.56. The number of ether oxygens (including phenoxy) is 4. The van der Waals surface area contributed by atoms with Crippen molar-refractivity contribution >= 4 is 11.9 Å². The van der Waals surface area contributed by atoms with Gasteiger partial charge in [0.05, 0.1) is 30.1 Å². The second kappa shape index (κ2) is 17.0. The fourth-order valence-electron chi connectivity index (χ4n) is 3.83. The van der Waals surface area contributed by atoms with Gasteiger partial charge in [-0.3, -0.25) is 0 Å². The van der Waals surface area contributed by atoms with E-state index in [0.717, 1.165) is 25.7 Å². The summed E-state index contributed by atoms with van der Waals surface area (Å²) in [5.41, 5.74) is 0.891. The van der Waals surface area contributed by atoms with Crippen LogP contribution in [0.5, 0.6) is 17.2 Å². The summed E-state index contributed by atoms with van der Waals surface area (Å²) in [5, 5.41) is 0. The molecule has 1 aromatic heterocycles. The van der Waals surface area contributed by atoms with Crippen molar-refractivity contribution in [3.8, 4) is 28.6 Å². The molecular formula is C32H40N2O6. The third kappa shape index (κ3) is 10.1. The number of unbranched alkanes of at least 4 members (excludes halogenated alkanes) is 6. The molecule has 0 amide bonds. The fourth-order valence-corrected chi connectivity index (χ4v) is 3.83. The summed E-state index contributed by atoms with van der Waals surface area (Å²) < 4.78 is 22.3. The van der Waals surface area contributed by atoms with Crippen molar-refractivity contribution in [1.29, 1.82) is 0 Å². The van der Waals surface area contributed by atoms with Crippen molar-refractivity contribution in [3.05, 3.63) is 66.5 Å². The van der Waals surface area contributed by atoms with Crippen molar-refractivity contribution in [1.82, 2.24) is 9.97 Å². The second-order valence-corrected chi connectivity index (χ2v) is 9.56. The largest absolute Gasteiger partial charge is 0.490 e. The van der Waals surface area contributed by atoms with E-state index in [0.29, 0.717) is 47.4 Å². The third-order valence-corrected chi connectivity index (χ3v) is 6.23. The molecule has 0 aliphatic rings. The smallest absolute Gasteiger partial charge is 0.343 e. The Morgan fingerprint density at radius 2 is 1.43 bits per heavy atom. The molecule has 0 saturated carbocycles. The highest BCUT2D eigenvalue weighted by Crippen LogP contribution is 2.28. The van der Waals surface area contributed by atoms with Crippen LogP contribution in [-0.2, 0) is 9.53 Å². The van der Waals surface area contributed by atoms with Gasteiger partial charge in [0.1, 0.15) is 11.5 Å². The van der Waals surface area contributed by atoms with Crippen molar-refractivity contribution in [2.45, 2.75) is 78.2 Å². The fraction of sp³-hybridized carbons (Fsp3) is 0.438. The van der Waals surface area contributed by atoms with E-state index in [9.17, 15) is 9.59 Å². The van der Waals surface area contributed by atoms with E-state index in [1.54, 1.807) is 61.8 Å². The molecule has 1 atom stereocenters. The van der Waals surface area contributed by atoms with Crippen LogP contribution in [0, 0.1) is 0 Å². The summed E-state index contributed by atoms with van der Waals surface area (Å²) >= 11 is 0. The van der Waals surface area contributed by atoms with Crippen LogP contribution in [0.25, 0.3) is 11.4 Å². The lowest BCUT2D eigenvalue weighted by molar-refractivity contribution is -0.146. The Bertz CT molecular complexity index is 1180. The van der Waals surface area contributed by atoms with E-state index in [-0.39, 0.29) is 0 Å². The van der Waals surface area contributed by atoms with Gasteiger partial charge in [-0.1, -0.05) is 64.5 Å². The normalized spacial score (nSPS) is 11.6. The molecule has 40 heavy (non-hydrogen) atoms. The van der Waals surface area contributed by atoms with Crippen LogP contribution in [-0.4, -0.2) is 41.2 Å². The summed E-state index contributed by atoms with van der Waals surface area (Å²) in [6.07, 6.45) is 11.6. The van der Waals surface area contributed by atoms with E-state index >= 15 is 0 Å². The van der Waals surface area contributed by atoms with Crippen LogP contribution in [0.1, 0.15) is 82.5 Å². The number of carbonyl (C=O) groups is 2. The Hall–Kier alpha value is -3.78. The Kier molecular flexibility index (Phi) is 13.1. The molecule has 214 valence electrons. The summed E-state index contributed by atoms with van der Waals surface area (Å²) in [4.78, 5) is 33.9. The van der Waals surface area contributed by atoms with E-state index in [4.69, 9.17) is 18.9 Å². The SMILES string of the molecule is CCCCCCCCOc1cnc(-c2ccccc2OC(=O)c2ccc(OC(=O)[C@H](C)OCCCC)cc2)nc1. The molecule has 0 N–H and O–H groups in total.